The highest BCUT2D eigenvalue weighted by molar-refractivity contribution is 9.10. The maximum absolute atomic E-state index is 13.1. The van der Waals surface area contributed by atoms with Crippen molar-refractivity contribution in [1.29, 1.82) is 0 Å². The molecule has 0 amide bonds. The highest BCUT2D eigenvalue weighted by atomic mass is 79.9. The summed E-state index contributed by atoms with van der Waals surface area (Å²) in [6.45, 7) is 0. The summed E-state index contributed by atoms with van der Waals surface area (Å²) >= 11 is 3.14. The second kappa shape index (κ2) is 4.62. The van der Waals surface area contributed by atoms with E-state index in [9.17, 15) is 9.18 Å². The zero-order valence-electron chi connectivity index (χ0n) is 8.35. The number of aromatic nitrogens is 2. The largest absolute Gasteiger partial charge is 0.481 e. The van der Waals surface area contributed by atoms with Crippen molar-refractivity contribution in [1.82, 2.24) is 10.1 Å². The Bertz CT molecular complexity index is 550. The number of benzene rings is 1. The minimum atomic E-state index is -1.07. The molecule has 0 aliphatic heterocycles. The Morgan fingerprint density at radius 2 is 2.24 bits per heavy atom. The molecule has 0 aliphatic rings. The number of carboxylic acid groups (broad SMARTS) is 1. The monoisotopic (exact) mass is 300 g/mol. The van der Waals surface area contributed by atoms with Crippen molar-refractivity contribution in [3.8, 4) is 11.4 Å². The van der Waals surface area contributed by atoms with Crippen molar-refractivity contribution in [2.24, 2.45) is 0 Å². The predicted octanol–water partition coefficient (Wildman–Crippen LogP) is 2.27. The lowest BCUT2D eigenvalue weighted by molar-refractivity contribution is -0.136. The Morgan fingerprint density at radius 3 is 2.88 bits per heavy atom. The fraction of sp³-hybridized carbons (Fsp3) is 0.100. The third-order valence-corrected chi connectivity index (χ3v) is 2.35. The van der Waals surface area contributed by atoms with Crippen LogP contribution >= 0.6 is 15.9 Å². The molecule has 88 valence electrons. The zero-order valence-corrected chi connectivity index (χ0v) is 9.94. The molecule has 7 heteroatoms. The summed E-state index contributed by atoms with van der Waals surface area (Å²) in [6.07, 6.45) is -0.358. The molecule has 0 aliphatic carbocycles. The van der Waals surface area contributed by atoms with Gasteiger partial charge in [-0.1, -0.05) is 21.1 Å². The molecule has 1 aromatic heterocycles. The Labute approximate surface area is 103 Å². The van der Waals surface area contributed by atoms with Crippen molar-refractivity contribution < 1.29 is 18.8 Å². The van der Waals surface area contributed by atoms with Crippen LogP contribution in [0, 0.1) is 5.82 Å². The molecule has 0 radical (unpaired) electrons. The molecular weight excluding hydrogens is 295 g/mol. The molecule has 0 spiro atoms. The molecule has 1 aromatic carbocycles. The fourth-order valence-electron chi connectivity index (χ4n) is 1.26. The first-order valence-corrected chi connectivity index (χ1v) is 5.35. The SMILES string of the molecule is O=C(O)Cc1nc(-c2cc(F)cc(Br)c2)no1. The van der Waals surface area contributed by atoms with E-state index in [4.69, 9.17) is 9.63 Å². The van der Waals surface area contributed by atoms with Gasteiger partial charge in [0.1, 0.15) is 12.2 Å². The van der Waals surface area contributed by atoms with Gasteiger partial charge in [0.2, 0.25) is 11.7 Å². The van der Waals surface area contributed by atoms with E-state index in [0.29, 0.717) is 10.0 Å². The Balaban J connectivity index is 2.33. The van der Waals surface area contributed by atoms with E-state index in [0.717, 1.165) is 0 Å². The van der Waals surface area contributed by atoms with Gasteiger partial charge in [-0.2, -0.15) is 4.98 Å². The standard InChI is InChI=1S/C10H6BrFN2O3/c11-6-1-5(2-7(12)3-6)10-13-8(17-14-10)4-9(15)16/h1-3H,4H2,(H,15,16). The zero-order chi connectivity index (χ0) is 12.4. The van der Waals surface area contributed by atoms with E-state index in [-0.39, 0.29) is 18.1 Å². The van der Waals surface area contributed by atoms with Crippen LogP contribution in [-0.2, 0) is 11.2 Å². The third kappa shape index (κ3) is 2.88. The van der Waals surface area contributed by atoms with Crippen molar-refractivity contribution >= 4 is 21.9 Å². The quantitative estimate of drug-likeness (QED) is 0.941. The molecule has 5 nitrogen and oxygen atoms in total. The van der Waals surface area contributed by atoms with Crippen LogP contribution in [0.25, 0.3) is 11.4 Å². The maximum Gasteiger partial charge on any atom is 0.312 e. The van der Waals surface area contributed by atoms with Crippen LogP contribution in [0.1, 0.15) is 5.89 Å². The number of halogens is 2. The van der Waals surface area contributed by atoms with E-state index in [1.807, 2.05) is 0 Å². The summed E-state index contributed by atoms with van der Waals surface area (Å²) in [5.74, 6) is -1.38. The molecule has 0 atom stereocenters. The van der Waals surface area contributed by atoms with Crippen molar-refractivity contribution in [2.75, 3.05) is 0 Å². The van der Waals surface area contributed by atoms with Crippen molar-refractivity contribution in [3.05, 3.63) is 34.4 Å². The van der Waals surface area contributed by atoms with Gasteiger partial charge in [0.05, 0.1) is 0 Å². The van der Waals surface area contributed by atoms with Gasteiger partial charge < -0.3 is 9.63 Å². The topological polar surface area (TPSA) is 76.2 Å². The maximum atomic E-state index is 13.1. The Morgan fingerprint density at radius 1 is 1.47 bits per heavy atom. The summed E-state index contributed by atoms with van der Waals surface area (Å²) in [6, 6.07) is 4.14. The summed E-state index contributed by atoms with van der Waals surface area (Å²) < 4.78 is 18.4. The molecule has 17 heavy (non-hydrogen) atoms. The normalized spacial score (nSPS) is 10.5. The van der Waals surface area contributed by atoms with Gasteiger partial charge in [0, 0.05) is 10.0 Å². The van der Waals surface area contributed by atoms with Crippen LogP contribution in [0.3, 0.4) is 0 Å². The number of rotatable bonds is 3. The van der Waals surface area contributed by atoms with Crippen LogP contribution in [0.4, 0.5) is 4.39 Å². The average Bonchev–Trinajstić information content (AvgIpc) is 2.63. The van der Waals surface area contributed by atoms with Gasteiger partial charge in [-0.15, -0.1) is 0 Å². The predicted molar refractivity (Wildman–Crippen MR) is 58.7 cm³/mol. The second-order valence-corrected chi connectivity index (χ2v) is 4.16. The lowest BCUT2D eigenvalue weighted by atomic mass is 10.2. The number of hydrogen-bond acceptors (Lipinski definition) is 4. The summed E-state index contributed by atoms with van der Waals surface area (Å²) in [7, 11) is 0. The van der Waals surface area contributed by atoms with E-state index in [1.165, 1.54) is 12.1 Å². The third-order valence-electron chi connectivity index (χ3n) is 1.89. The van der Waals surface area contributed by atoms with Crippen LogP contribution in [-0.4, -0.2) is 21.2 Å². The van der Waals surface area contributed by atoms with Gasteiger partial charge in [0.15, 0.2) is 0 Å². The van der Waals surface area contributed by atoms with E-state index in [2.05, 4.69) is 26.1 Å². The summed E-state index contributed by atoms with van der Waals surface area (Å²) in [5, 5.41) is 12.1. The first kappa shape index (κ1) is 11.7. The molecule has 0 bridgehead atoms. The first-order valence-electron chi connectivity index (χ1n) is 4.55. The smallest absolute Gasteiger partial charge is 0.312 e. The molecule has 1 heterocycles. The van der Waals surface area contributed by atoms with Gasteiger partial charge >= 0.3 is 5.97 Å². The molecule has 0 unspecified atom stereocenters. The van der Waals surface area contributed by atoms with Gasteiger partial charge in [-0.05, 0) is 18.2 Å². The number of hydrogen-bond donors (Lipinski definition) is 1. The second-order valence-electron chi connectivity index (χ2n) is 3.24. The number of carboxylic acids is 1. The minimum absolute atomic E-state index is 0.0205. The first-order chi connectivity index (χ1) is 8.04. The molecule has 0 saturated carbocycles. The van der Waals surface area contributed by atoms with E-state index >= 15 is 0 Å². The van der Waals surface area contributed by atoms with Crippen LogP contribution in [0.5, 0.6) is 0 Å². The summed E-state index contributed by atoms with van der Waals surface area (Å²) in [4.78, 5) is 14.3. The molecule has 2 rings (SSSR count). The Hall–Kier alpha value is -1.76. The highest BCUT2D eigenvalue weighted by Gasteiger charge is 2.12. The fourth-order valence-corrected chi connectivity index (χ4v) is 1.72. The highest BCUT2D eigenvalue weighted by Crippen LogP contribution is 2.22. The number of carbonyl (C=O) groups is 1. The lowest BCUT2D eigenvalue weighted by Crippen LogP contribution is -1.99. The van der Waals surface area contributed by atoms with Crippen LogP contribution in [0.2, 0.25) is 0 Å². The van der Waals surface area contributed by atoms with Crippen LogP contribution in [0.15, 0.2) is 27.2 Å². The molecule has 0 fully saturated rings. The van der Waals surface area contributed by atoms with Gasteiger partial charge in [-0.3, -0.25) is 4.79 Å². The minimum Gasteiger partial charge on any atom is -0.481 e. The van der Waals surface area contributed by atoms with E-state index in [1.54, 1.807) is 6.07 Å². The van der Waals surface area contributed by atoms with E-state index < -0.39 is 11.8 Å². The lowest BCUT2D eigenvalue weighted by Gasteiger charge is -1.96. The molecule has 1 N–H and O–H groups in total. The molecular formula is C10H6BrFN2O3. The molecule has 0 saturated heterocycles. The number of nitrogens with zero attached hydrogens (tertiary/aromatic N) is 2. The van der Waals surface area contributed by atoms with Gasteiger partial charge in [-0.25, -0.2) is 4.39 Å². The van der Waals surface area contributed by atoms with Crippen LogP contribution < -0.4 is 0 Å². The van der Waals surface area contributed by atoms with Gasteiger partial charge in [0.25, 0.3) is 0 Å². The average molecular weight is 301 g/mol. The summed E-state index contributed by atoms with van der Waals surface area (Å²) in [5.41, 5.74) is 0.414. The van der Waals surface area contributed by atoms with Crippen molar-refractivity contribution in [2.45, 2.75) is 6.42 Å². The Kier molecular flexibility index (Phi) is 3.19. The molecule has 2 aromatic rings. The van der Waals surface area contributed by atoms with Crippen molar-refractivity contribution in [3.63, 3.8) is 0 Å². The number of aliphatic carboxylic acids is 1.